The first-order chi connectivity index (χ1) is 9.56. The molecular formula is C16H15FN2O. The minimum Gasteiger partial charge on any atom is -0.399 e. The van der Waals surface area contributed by atoms with Crippen molar-refractivity contribution in [1.82, 2.24) is 0 Å². The lowest BCUT2D eigenvalue weighted by molar-refractivity contribution is 0.0981. The van der Waals surface area contributed by atoms with Gasteiger partial charge in [0, 0.05) is 23.0 Å². The fourth-order valence-corrected chi connectivity index (χ4v) is 2.69. The van der Waals surface area contributed by atoms with Crippen LogP contribution in [0.2, 0.25) is 0 Å². The number of fused-ring (bicyclic) bond motifs is 1. The fourth-order valence-electron chi connectivity index (χ4n) is 2.69. The van der Waals surface area contributed by atoms with Gasteiger partial charge < -0.3 is 10.6 Å². The van der Waals surface area contributed by atoms with Crippen LogP contribution in [0.15, 0.2) is 42.5 Å². The number of benzene rings is 2. The van der Waals surface area contributed by atoms with Gasteiger partial charge in [-0.25, -0.2) is 4.39 Å². The maximum absolute atomic E-state index is 12.9. The van der Waals surface area contributed by atoms with Gasteiger partial charge in [0.25, 0.3) is 5.91 Å². The van der Waals surface area contributed by atoms with Crippen LogP contribution in [0, 0.1) is 5.82 Å². The second-order valence-electron chi connectivity index (χ2n) is 5.12. The lowest BCUT2D eigenvalue weighted by Crippen LogP contribution is -2.35. The van der Waals surface area contributed by atoms with Crippen molar-refractivity contribution in [3.8, 4) is 0 Å². The first kappa shape index (κ1) is 12.7. The largest absolute Gasteiger partial charge is 0.399 e. The minimum atomic E-state index is -0.343. The van der Waals surface area contributed by atoms with E-state index in [0.717, 1.165) is 17.7 Å². The molecule has 3 nitrogen and oxygen atoms in total. The molecule has 2 aromatic rings. The van der Waals surface area contributed by atoms with Crippen LogP contribution in [0.4, 0.5) is 15.8 Å². The third-order valence-electron chi connectivity index (χ3n) is 3.63. The van der Waals surface area contributed by atoms with E-state index in [0.29, 0.717) is 11.3 Å². The number of hydrogen-bond donors (Lipinski definition) is 1. The van der Waals surface area contributed by atoms with Gasteiger partial charge in [-0.05, 0) is 61.4 Å². The number of nitrogen functional groups attached to an aromatic ring is 1. The average molecular weight is 270 g/mol. The Balaban J connectivity index is 1.98. The van der Waals surface area contributed by atoms with Gasteiger partial charge in [-0.2, -0.15) is 0 Å². The number of amides is 1. The highest BCUT2D eigenvalue weighted by Crippen LogP contribution is 2.34. The molecule has 1 aliphatic rings. The van der Waals surface area contributed by atoms with Gasteiger partial charge in [-0.15, -0.1) is 0 Å². The van der Waals surface area contributed by atoms with Crippen LogP contribution >= 0.6 is 0 Å². The Morgan fingerprint density at radius 3 is 2.65 bits per heavy atom. The van der Waals surface area contributed by atoms with Crippen molar-refractivity contribution in [2.24, 2.45) is 0 Å². The van der Waals surface area contributed by atoms with Crippen LogP contribution in [0.1, 0.15) is 22.8 Å². The second-order valence-corrected chi connectivity index (χ2v) is 5.12. The van der Waals surface area contributed by atoms with Crippen LogP contribution in [0.5, 0.6) is 0 Å². The standard InChI is InChI=1S/C16H15FN2O/c1-10-8-12-9-14(18)6-7-15(12)19(10)16(20)11-2-4-13(17)5-3-11/h2-7,9-10H,8,18H2,1H3. The average Bonchev–Trinajstić information content (AvgIpc) is 2.73. The zero-order chi connectivity index (χ0) is 14.3. The maximum Gasteiger partial charge on any atom is 0.258 e. The van der Waals surface area contributed by atoms with E-state index in [1.165, 1.54) is 24.3 Å². The highest BCUT2D eigenvalue weighted by atomic mass is 19.1. The molecule has 2 N–H and O–H groups in total. The molecule has 0 bridgehead atoms. The number of rotatable bonds is 1. The molecule has 3 rings (SSSR count). The normalized spacial score (nSPS) is 17.1. The van der Waals surface area contributed by atoms with Gasteiger partial charge in [0.05, 0.1) is 0 Å². The molecule has 102 valence electrons. The zero-order valence-electron chi connectivity index (χ0n) is 11.1. The van der Waals surface area contributed by atoms with E-state index in [1.54, 1.807) is 11.0 Å². The molecule has 1 amide bonds. The number of hydrogen-bond acceptors (Lipinski definition) is 2. The number of nitrogens with two attached hydrogens (primary N) is 1. The number of nitrogens with zero attached hydrogens (tertiary/aromatic N) is 1. The molecule has 1 atom stereocenters. The number of halogens is 1. The molecule has 1 aliphatic heterocycles. The first-order valence-electron chi connectivity index (χ1n) is 6.54. The van der Waals surface area contributed by atoms with Crippen LogP contribution in [0.25, 0.3) is 0 Å². The van der Waals surface area contributed by atoms with Gasteiger partial charge in [0.1, 0.15) is 5.82 Å². The van der Waals surface area contributed by atoms with Gasteiger partial charge in [-0.3, -0.25) is 4.79 Å². The summed E-state index contributed by atoms with van der Waals surface area (Å²) in [5.41, 5.74) is 8.94. The summed E-state index contributed by atoms with van der Waals surface area (Å²) in [6.45, 7) is 2.00. The van der Waals surface area contributed by atoms with Crippen molar-refractivity contribution in [1.29, 1.82) is 0 Å². The summed E-state index contributed by atoms with van der Waals surface area (Å²) < 4.78 is 12.9. The van der Waals surface area contributed by atoms with Crippen molar-refractivity contribution >= 4 is 17.3 Å². The monoisotopic (exact) mass is 270 g/mol. The van der Waals surface area contributed by atoms with E-state index in [1.807, 2.05) is 19.1 Å². The van der Waals surface area contributed by atoms with Crippen molar-refractivity contribution in [2.45, 2.75) is 19.4 Å². The quantitative estimate of drug-likeness (QED) is 0.810. The maximum atomic E-state index is 12.9. The Morgan fingerprint density at radius 1 is 1.25 bits per heavy atom. The molecule has 0 radical (unpaired) electrons. The number of carbonyl (C=O) groups excluding carboxylic acids is 1. The summed E-state index contributed by atoms with van der Waals surface area (Å²) in [6.07, 6.45) is 0.785. The second kappa shape index (κ2) is 4.63. The predicted octanol–water partition coefficient (Wildman–Crippen LogP) is 3.00. The van der Waals surface area contributed by atoms with E-state index in [9.17, 15) is 9.18 Å². The minimum absolute atomic E-state index is 0.0735. The molecular weight excluding hydrogens is 255 g/mol. The Hall–Kier alpha value is -2.36. The Bertz CT molecular complexity index is 667. The fraction of sp³-hybridized carbons (Fsp3) is 0.188. The van der Waals surface area contributed by atoms with Crippen LogP contribution in [-0.2, 0) is 6.42 Å². The summed E-state index contributed by atoms with van der Waals surface area (Å²) >= 11 is 0. The summed E-state index contributed by atoms with van der Waals surface area (Å²) in [6, 6.07) is 11.3. The summed E-state index contributed by atoms with van der Waals surface area (Å²) in [7, 11) is 0. The van der Waals surface area contributed by atoms with E-state index in [-0.39, 0.29) is 17.8 Å². The van der Waals surface area contributed by atoms with Crippen molar-refractivity contribution < 1.29 is 9.18 Å². The van der Waals surface area contributed by atoms with Gasteiger partial charge in [0.2, 0.25) is 0 Å². The highest BCUT2D eigenvalue weighted by Gasteiger charge is 2.31. The molecule has 1 unspecified atom stereocenters. The van der Waals surface area contributed by atoms with E-state index in [2.05, 4.69) is 0 Å². The summed E-state index contributed by atoms with van der Waals surface area (Å²) in [5, 5.41) is 0. The lowest BCUT2D eigenvalue weighted by Gasteiger charge is -2.22. The SMILES string of the molecule is CC1Cc2cc(N)ccc2N1C(=O)c1ccc(F)cc1. The molecule has 2 aromatic carbocycles. The van der Waals surface area contributed by atoms with Crippen molar-refractivity contribution in [3.63, 3.8) is 0 Å². The number of anilines is 2. The molecule has 0 fully saturated rings. The summed E-state index contributed by atoms with van der Waals surface area (Å²) in [5.74, 6) is -0.454. The van der Waals surface area contributed by atoms with Gasteiger partial charge in [-0.1, -0.05) is 0 Å². The molecule has 0 saturated heterocycles. The van der Waals surface area contributed by atoms with Crippen LogP contribution in [0.3, 0.4) is 0 Å². The number of carbonyl (C=O) groups is 1. The smallest absolute Gasteiger partial charge is 0.258 e. The van der Waals surface area contributed by atoms with E-state index in [4.69, 9.17) is 5.73 Å². The van der Waals surface area contributed by atoms with Crippen molar-refractivity contribution in [2.75, 3.05) is 10.6 Å². The molecule has 0 aliphatic carbocycles. The molecule has 20 heavy (non-hydrogen) atoms. The molecule has 4 heteroatoms. The zero-order valence-corrected chi connectivity index (χ0v) is 11.1. The third-order valence-corrected chi connectivity index (χ3v) is 3.63. The van der Waals surface area contributed by atoms with Gasteiger partial charge >= 0.3 is 0 Å². The van der Waals surface area contributed by atoms with E-state index >= 15 is 0 Å². The molecule has 0 aromatic heterocycles. The van der Waals surface area contributed by atoms with E-state index < -0.39 is 0 Å². The topological polar surface area (TPSA) is 46.3 Å². The third kappa shape index (κ3) is 2.03. The predicted molar refractivity (Wildman–Crippen MR) is 77.2 cm³/mol. The molecule has 0 spiro atoms. The first-order valence-corrected chi connectivity index (χ1v) is 6.54. The van der Waals surface area contributed by atoms with Gasteiger partial charge in [0.15, 0.2) is 0 Å². The summed E-state index contributed by atoms with van der Waals surface area (Å²) in [4.78, 5) is 14.3. The lowest BCUT2D eigenvalue weighted by atomic mass is 10.1. The Labute approximate surface area is 116 Å². The Morgan fingerprint density at radius 2 is 1.95 bits per heavy atom. The molecule has 0 saturated carbocycles. The van der Waals surface area contributed by atoms with Crippen molar-refractivity contribution in [3.05, 3.63) is 59.4 Å². The van der Waals surface area contributed by atoms with Crippen LogP contribution in [-0.4, -0.2) is 11.9 Å². The Kier molecular flexibility index (Phi) is 2.93. The highest BCUT2D eigenvalue weighted by molar-refractivity contribution is 6.07. The van der Waals surface area contributed by atoms with Crippen LogP contribution < -0.4 is 10.6 Å². The molecule has 1 heterocycles.